The van der Waals surface area contributed by atoms with Gasteiger partial charge in [-0.2, -0.15) is 0 Å². The summed E-state index contributed by atoms with van der Waals surface area (Å²) >= 11 is 0. The first kappa shape index (κ1) is 12.2. The van der Waals surface area contributed by atoms with Crippen LogP contribution >= 0.6 is 0 Å². The summed E-state index contributed by atoms with van der Waals surface area (Å²) in [5, 5.41) is 14.5. The molecule has 3 rings (SSSR count). The molecule has 1 aliphatic rings. The van der Waals surface area contributed by atoms with E-state index in [4.69, 9.17) is 14.0 Å². The van der Waals surface area contributed by atoms with Gasteiger partial charge in [0, 0.05) is 0 Å². The average molecular weight is 274 g/mol. The molecular formula is C13H10N2O5. The SMILES string of the molecule is Cc1noc(/C=C/c2ccc3c(c2)OCO3)c1[N+](=O)[O-]. The van der Waals surface area contributed by atoms with Crippen molar-refractivity contribution in [2.75, 3.05) is 6.79 Å². The van der Waals surface area contributed by atoms with Gasteiger partial charge in [-0.25, -0.2) is 0 Å². The number of hydrogen-bond acceptors (Lipinski definition) is 6. The van der Waals surface area contributed by atoms with E-state index in [0.29, 0.717) is 11.5 Å². The molecule has 1 aromatic heterocycles. The fourth-order valence-corrected chi connectivity index (χ4v) is 1.90. The number of nitro groups is 1. The summed E-state index contributed by atoms with van der Waals surface area (Å²) in [7, 11) is 0. The van der Waals surface area contributed by atoms with Crippen molar-refractivity contribution in [1.82, 2.24) is 5.16 Å². The molecule has 0 saturated heterocycles. The number of aryl methyl sites for hydroxylation is 1. The van der Waals surface area contributed by atoms with Crippen molar-refractivity contribution in [1.29, 1.82) is 0 Å². The Balaban J connectivity index is 1.89. The van der Waals surface area contributed by atoms with Gasteiger partial charge < -0.3 is 14.0 Å². The predicted octanol–water partition coefficient (Wildman–Crippen LogP) is 2.79. The molecule has 0 spiro atoms. The number of aromatic nitrogens is 1. The zero-order valence-electron chi connectivity index (χ0n) is 10.5. The minimum Gasteiger partial charge on any atom is -0.454 e. The molecule has 7 nitrogen and oxygen atoms in total. The molecule has 2 heterocycles. The fourth-order valence-electron chi connectivity index (χ4n) is 1.90. The lowest BCUT2D eigenvalue weighted by Crippen LogP contribution is -1.92. The first-order chi connectivity index (χ1) is 9.65. The third kappa shape index (κ3) is 2.09. The van der Waals surface area contributed by atoms with Crippen LogP contribution in [0.2, 0.25) is 0 Å². The van der Waals surface area contributed by atoms with Crippen molar-refractivity contribution in [3.63, 3.8) is 0 Å². The Kier molecular flexibility index (Phi) is 2.86. The molecule has 2 aromatic rings. The number of nitrogens with zero attached hydrogens (tertiary/aromatic N) is 2. The van der Waals surface area contributed by atoms with E-state index >= 15 is 0 Å². The van der Waals surface area contributed by atoms with Gasteiger partial charge in [0.2, 0.25) is 12.6 Å². The first-order valence-electron chi connectivity index (χ1n) is 5.83. The highest BCUT2D eigenvalue weighted by Gasteiger charge is 2.22. The summed E-state index contributed by atoms with van der Waals surface area (Å²) in [5.74, 6) is 1.45. The summed E-state index contributed by atoms with van der Waals surface area (Å²) in [6, 6.07) is 5.38. The lowest BCUT2D eigenvalue weighted by molar-refractivity contribution is -0.386. The third-order valence-electron chi connectivity index (χ3n) is 2.86. The molecule has 0 amide bonds. The van der Waals surface area contributed by atoms with Crippen LogP contribution in [0.5, 0.6) is 11.5 Å². The molecule has 7 heteroatoms. The zero-order chi connectivity index (χ0) is 14.1. The second kappa shape index (κ2) is 4.69. The maximum absolute atomic E-state index is 10.9. The lowest BCUT2D eigenvalue weighted by atomic mass is 10.1. The molecular weight excluding hydrogens is 264 g/mol. The van der Waals surface area contributed by atoms with Gasteiger partial charge in [-0.15, -0.1) is 0 Å². The molecule has 0 N–H and O–H groups in total. The summed E-state index contributed by atoms with van der Waals surface area (Å²) in [5.41, 5.74) is 0.944. The van der Waals surface area contributed by atoms with E-state index < -0.39 is 4.92 Å². The number of benzene rings is 1. The van der Waals surface area contributed by atoms with Crippen LogP contribution in [-0.2, 0) is 0 Å². The van der Waals surface area contributed by atoms with E-state index in [1.165, 1.54) is 13.0 Å². The monoisotopic (exact) mass is 274 g/mol. The quantitative estimate of drug-likeness (QED) is 0.631. The van der Waals surface area contributed by atoms with E-state index in [-0.39, 0.29) is 23.9 Å². The van der Waals surface area contributed by atoms with Gasteiger partial charge in [0.05, 0.1) is 4.92 Å². The second-order valence-corrected chi connectivity index (χ2v) is 4.18. The highest BCUT2D eigenvalue weighted by atomic mass is 16.7. The van der Waals surface area contributed by atoms with Gasteiger partial charge in [0.25, 0.3) is 0 Å². The van der Waals surface area contributed by atoms with Crippen LogP contribution in [0.4, 0.5) is 5.69 Å². The molecule has 0 unspecified atom stereocenters. The molecule has 102 valence electrons. The van der Waals surface area contributed by atoms with Gasteiger partial charge in [-0.1, -0.05) is 17.3 Å². The topological polar surface area (TPSA) is 87.6 Å². The van der Waals surface area contributed by atoms with Gasteiger partial charge in [-0.05, 0) is 30.7 Å². The van der Waals surface area contributed by atoms with Crippen LogP contribution < -0.4 is 9.47 Å². The van der Waals surface area contributed by atoms with Crippen molar-refractivity contribution in [3.8, 4) is 11.5 Å². The number of rotatable bonds is 3. The summed E-state index contributed by atoms with van der Waals surface area (Å²) < 4.78 is 15.4. The Bertz CT molecular complexity index is 705. The summed E-state index contributed by atoms with van der Waals surface area (Å²) in [6.45, 7) is 1.73. The van der Waals surface area contributed by atoms with Crippen LogP contribution in [0.15, 0.2) is 22.7 Å². The van der Waals surface area contributed by atoms with Crippen LogP contribution in [0.25, 0.3) is 12.2 Å². The smallest absolute Gasteiger partial charge is 0.338 e. The van der Waals surface area contributed by atoms with Gasteiger partial charge in [0.15, 0.2) is 17.2 Å². The Morgan fingerprint density at radius 3 is 2.90 bits per heavy atom. The average Bonchev–Trinajstić information content (AvgIpc) is 3.01. The minimum absolute atomic E-state index is 0.116. The van der Waals surface area contributed by atoms with Gasteiger partial charge in [0.1, 0.15) is 0 Å². The third-order valence-corrected chi connectivity index (χ3v) is 2.86. The Labute approximate surface area is 113 Å². The summed E-state index contributed by atoms with van der Waals surface area (Å²) in [4.78, 5) is 10.4. The molecule has 0 bridgehead atoms. The summed E-state index contributed by atoms with van der Waals surface area (Å²) in [6.07, 6.45) is 3.20. The number of fused-ring (bicyclic) bond motifs is 1. The molecule has 20 heavy (non-hydrogen) atoms. The molecule has 0 radical (unpaired) electrons. The number of ether oxygens (including phenoxy) is 2. The van der Waals surface area contributed by atoms with E-state index in [2.05, 4.69) is 5.16 Å². The van der Waals surface area contributed by atoms with Crippen LogP contribution in [0, 0.1) is 17.0 Å². The highest BCUT2D eigenvalue weighted by molar-refractivity contribution is 5.72. The van der Waals surface area contributed by atoms with Crippen LogP contribution in [0.3, 0.4) is 0 Å². The fraction of sp³-hybridized carbons (Fsp3) is 0.154. The van der Waals surface area contributed by atoms with Crippen molar-refractivity contribution in [2.45, 2.75) is 6.92 Å². The zero-order valence-corrected chi connectivity index (χ0v) is 10.5. The van der Waals surface area contributed by atoms with Crippen molar-refractivity contribution in [2.24, 2.45) is 0 Å². The molecule has 0 saturated carbocycles. The van der Waals surface area contributed by atoms with Crippen molar-refractivity contribution < 1.29 is 18.9 Å². The van der Waals surface area contributed by atoms with E-state index in [0.717, 1.165) is 5.56 Å². The van der Waals surface area contributed by atoms with Crippen molar-refractivity contribution >= 4 is 17.8 Å². The van der Waals surface area contributed by atoms with Gasteiger partial charge >= 0.3 is 5.69 Å². The largest absolute Gasteiger partial charge is 0.454 e. The molecule has 0 aliphatic carbocycles. The van der Waals surface area contributed by atoms with E-state index in [9.17, 15) is 10.1 Å². The van der Waals surface area contributed by atoms with E-state index in [1.54, 1.807) is 18.2 Å². The molecule has 1 aromatic carbocycles. The number of hydrogen-bond donors (Lipinski definition) is 0. The van der Waals surface area contributed by atoms with E-state index in [1.807, 2.05) is 6.07 Å². The second-order valence-electron chi connectivity index (χ2n) is 4.18. The predicted molar refractivity (Wildman–Crippen MR) is 69.4 cm³/mol. The molecule has 0 atom stereocenters. The normalized spacial score (nSPS) is 13.1. The lowest BCUT2D eigenvalue weighted by Gasteiger charge is -1.96. The van der Waals surface area contributed by atoms with Crippen LogP contribution in [0.1, 0.15) is 17.0 Å². The van der Waals surface area contributed by atoms with Crippen molar-refractivity contribution in [3.05, 3.63) is 45.3 Å². The Hall–Kier alpha value is -2.83. The Morgan fingerprint density at radius 1 is 1.30 bits per heavy atom. The first-order valence-corrected chi connectivity index (χ1v) is 5.83. The standard InChI is InChI=1S/C13H10N2O5/c1-8-13(15(16)17)11(20-14-8)5-3-9-2-4-10-12(6-9)19-7-18-10/h2-6H,7H2,1H3/b5-3+. The maximum Gasteiger partial charge on any atom is 0.338 e. The Morgan fingerprint density at radius 2 is 2.10 bits per heavy atom. The highest BCUT2D eigenvalue weighted by Crippen LogP contribution is 2.33. The maximum atomic E-state index is 10.9. The molecule has 0 fully saturated rings. The van der Waals surface area contributed by atoms with Gasteiger partial charge in [-0.3, -0.25) is 10.1 Å². The molecule has 1 aliphatic heterocycles. The van der Waals surface area contributed by atoms with Crippen LogP contribution in [-0.4, -0.2) is 16.9 Å². The minimum atomic E-state index is -0.509.